The zero-order valence-corrected chi connectivity index (χ0v) is 14.2. The van der Waals surface area contributed by atoms with Crippen molar-refractivity contribution in [3.05, 3.63) is 71.3 Å². The van der Waals surface area contributed by atoms with Gasteiger partial charge >= 0.3 is 6.09 Å². The summed E-state index contributed by atoms with van der Waals surface area (Å²) in [7, 11) is 0. The first-order valence-corrected chi connectivity index (χ1v) is 8.62. The van der Waals surface area contributed by atoms with E-state index in [9.17, 15) is 9.90 Å². The largest absolute Gasteiger partial charge is 0.445 e. The highest BCUT2D eigenvalue weighted by Gasteiger charge is 2.19. The molecule has 5 heteroatoms. The summed E-state index contributed by atoms with van der Waals surface area (Å²) in [6.07, 6.45) is 0.247. The number of benzene rings is 2. The summed E-state index contributed by atoms with van der Waals surface area (Å²) < 4.78 is 5.19. The molecule has 0 bridgehead atoms. The zero-order valence-electron chi connectivity index (χ0n) is 14.2. The van der Waals surface area contributed by atoms with Crippen LogP contribution in [0, 0.1) is 0 Å². The molecule has 1 atom stereocenters. The molecule has 2 N–H and O–H groups in total. The average molecular weight is 340 g/mol. The lowest BCUT2D eigenvalue weighted by atomic mass is 10.1. The van der Waals surface area contributed by atoms with Gasteiger partial charge in [0, 0.05) is 26.2 Å². The van der Waals surface area contributed by atoms with Crippen molar-refractivity contribution in [2.45, 2.75) is 32.2 Å². The number of aliphatic hydroxyl groups excluding tert-OH is 1. The lowest BCUT2D eigenvalue weighted by Crippen LogP contribution is -2.23. The Kier molecular flexibility index (Phi) is 6.04. The molecule has 2 aromatic rings. The summed E-state index contributed by atoms with van der Waals surface area (Å²) in [6, 6.07) is 17.8. The number of alkyl carbamates (subject to hydrolysis) is 1. The van der Waals surface area contributed by atoms with E-state index >= 15 is 0 Å². The fourth-order valence-corrected chi connectivity index (χ4v) is 2.92. The second-order valence-corrected chi connectivity index (χ2v) is 6.41. The van der Waals surface area contributed by atoms with Crippen molar-refractivity contribution in [1.82, 2.24) is 10.2 Å². The van der Waals surface area contributed by atoms with Gasteiger partial charge in [-0.15, -0.1) is 0 Å². The van der Waals surface area contributed by atoms with Crippen molar-refractivity contribution in [3.8, 4) is 0 Å². The smallest absolute Gasteiger partial charge is 0.407 e. The van der Waals surface area contributed by atoms with E-state index in [-0.39, 0.29) is 12.7 Å². The Bertz CT molecular complexity index is 673. The van der Waals surface area contributed by atoms with Gasteiger partial charge in [-0.25, -0.2) is 4.79 Å². The number of carbonyl (C=O) groups excluding carboxylic acids is 1. The van der Waals surface area contributed by atoms with E-state index < -0.39 is 6.09 Å². The minimum absolute atomic E-state index is 0.189. The molecule has 132 valence electrons. The van der Waals surface area contributed by atoms with Gasteiger partial charge in [-0.2, -0.15) is 0 Å². The predicted octanol–water partition coefficient (Wildman–Crippen LogP) is 2.68. The Morgan fingerprint density at radius 3 is 2.48 bits per heavy atom. The molecule has 2 aromatic carbocycles. The molecule has 1 heterocycles. The van der Waals surface area contributed by atoms with E-state index in [1.165, 1.54) is 5.56 Å². The van der Waals surface area contributed by atoms with Crippen molar-refractivity contribution < 1.29 is 14.6 Å². The van der Waals surface area contributed by atoms with Crippen molar-refractivity contribution in [1.29, 1.82) is 0 Å². The Labute approximate surface area is 148 Å². The Balaban J connectivity index is 1.40. The van der Waals surface area contributed by atoms with Gasteiger partial charge in [0.25, 0.3) is 0 Å². The fraction of sp³-hybridized carbons (Fsp3) is 0.350. The standard InChI is InChI=1S/C20H24N2O3/c23-19-10-11-22(14-19)13-17-8-6-16(7-9-17)12-21-20(24)25-15-18-4-2-1-3-5-18/h1-9,19,23H,10-15H2,(H,21,24). The molecular weight excluding hydrogens is 316 g/mol. The number of carbonyl (C=O) groups is 1. The fourth-order valence-electron chi connectivity index (χ4n) is 2.92. The average Bonchev–Trinajstić information content (AvgIpc) is 3.05. The van der Waals surface area contributed by atoms with Gasteiger partial charge in [-0.05, 0) is 23.1 Å². The SMILES string of the molecule is O=C(NCc1ccc(CN2CCC(O)C2)cc1)OCc1ccccc1. The summed E-state index contributed by atoms with van der Waals surface area (Å²) in [4.78, 5) is 14.0. The van der Waals surface area contributed by atoms with E-state index in [2.05, 4.69) is 22.3 Å². The van der Waals surface area contributed by atoms with E-state index in [0.717, 1.165) is 37.2 Å². The van der Waals surface area contributed by atoms with Crippen molar-refractivity contribution in [3.63, 3.8) is 0 Å². The number of amides is 1. The van der Waals surface area contributed by atoms with Crippen LogP contribution in [0.1, 0.15) is 23.1 Å². The summed E-state index contributed by atoms with van der Waals surface area (Å²) in [5, 5.41) is 12.3. The molecule has 1 fully saturated rings. The van der Waals surface area contributed by atoms with Crippen LogP contribution in [-0.2, 0) is 24.4 Å². The molecular formula is C20H24N2O3. The lowest BCUT2D eigenvalue weighted by molar-refractivity contribution is 0.139. The first kappa shape index (κ1) is 17.5. The maximum Gasteiger partial charge on any atom is 0.407 e. The molecule has 25 heavy (non-hydrogen) atoms. The van der Waals surface area contributed by atoms with Crippen LogP contribution in [0.15, 0.2) is 54.6 Å². The molecule has 0 spiro atoms. The first-order valence-electron chi connectivity index (χ1n) is 8.62. The van der Waals surface area contributed by atoms with Gasteiger partial charge in [0.1, 0.15) is 6.61 Å². The Hall–Kier alpha value is -2.37. The Morgan fingerprint density at radius 2 is 1.80 bits per heavy atom. The highest BCUT2D eigenvalue weighted by atomic mass is 16.5. The van der Waals surface area contributed by atoms with Crippen LogP contribution in [0.4, 0.5) is 4.79 Å². The number of nitrogens with zero attached hydrogens (tertiary/aromatic N) is 1. The van der Waals surface area contributed by atoms with Crippen LogP contribution in [0.2, 0.25) is 0 Å². The molecule has 1 aliphatic heterocycles. The van der Waals surface area contributed by atoms with Gasteiger partial charge in [-0.1, -0.05) is 54.6 Å². The summed E-state index contributed by atoms with van der Waals surface area (Å²) >= 11 is 0. The van der Waals surface area contributed by atoms with E-state index in [1.54, 1.807) is 0 Å². The highest BCUT2D eigenvalue weighted by Crippen LogP contribution is 2.14. The third-order valence-electron chi connectivity index (χ3n) is 4.33. The molecule has 0 aromatic heterocycles. The normalized spacial score (nSPS) is 17.4. The maximum absolute atomic E-state index is 11.8. The quantitative estimate of drug-likeness (QED) is 0.849. The number of nitrogens with one attached hydrogen (secondary N) is 1. The number of β-amino-alcohol motifs (C(OH)–C–C–N with tert-alkyl or cyclic N) is 1. The molecule has 1 saturated heterocycles. The van der Waals surface area contributed by atoms with Crippen molar-refractivity contribution in [2.24, 2.45) is 0 Å². The summed E-state index contributed by atoms with van der Waals surface area (Å²) in [5.41, 5.74) is 3.21. The maximum atomic E-state index is 11.8. The van der Waals surface area contributed by atoms with Gasteiger partial charge in [0.15, 0.2) is 0 Å². The second-order valence-electron chi connectivity index (χ2n) is 6.41. The molecule has 1 unspecified atom stereocenters. The zero-order chi connectivity index (χ0) is 17.5. The molecule has 0 radical (unpaired) electrons. The highest BCUT2D eigenvalue weighted by molar-refractivity contribution is 5.67. The number of rotatable bonds is 6. The van der Waals surface area contributed by atoms with Gasteiger partial charge in [0.05, 0.1) is 6.10 Å². The van der Waals surface area contributed by atoms with E-state index in [1.807, 2.05) is 42.5 Å². The van der Waals surface area contributed by atoms with E-state index in [0.29, 0.717) is 6.54 Å². The number of hydrogen-bond donors (Lipinski definition) is 2. The summed E-state index contributed by atoms with van der Waals surface area (Å²) in [6.45, 7) is 3.25. The van der Waals surface area contributed by atoms with Crippen LogP contribution in [0.3, 0.4) is 0 Å². The number of hydrogen-bond acceptors (Lipinski definition) is 4. The minimum atomic E-state index is -0.418. The van der Waals surface area contributed by atoms with E-state index in [4.69, 9.17) is 4.74 Å². The number of likely N-dealkylation sites (tertiary alicyclic amines) is 1. The van der Waals surface area contributed by atoms with Gasteiger partial charge < -0.3 is 15.2 Å². The molecule has 0 aliphatic carbocycles. The van der Waals surface area contributed by atoms with Gasteiger partial charge in [0.2, 0.25) is 0 Å². The summed E-state index contributed by atoms with van der Waals surface area (Å²) in [5.74, 6) is 0. The number of ether oxygens (including phenoxy) is 1. The second kappa shape index (κ2) is 8.65. The number of aliphatic hydroxyl groups is 1. The third kappa shape index (κ3) is 5.59. The van der Waals surface area contributed by atoms with Crippen LogP contribution < -0.4 is 5.32 Å². The first-order chi connectivity index (χ1) is 12.2. The minimum Gasteiger partial charge on any atom is -0.445 e. The van der Waals surface area contributed by atoms with Crippen LogP contribution in [0.5, 0.6) is 0 Å². The van der Waals surface area contributed by atoms with Crippen LogP contribution in [-0.4, -0.2) is 35.3 Å². The topological polar surface area (TPSA) is 61.8 Å². The van der Waals surface area contributed by atoms with Crippen LogP contribution >= 0.6 is 0 Å². The van der Waals surface area contributed by atoms with Gasteiger partial charge in [-0.3, -0.25) is 4.90 Å². The van der Waals surface area contributed by atoms with Crippen molar-refractivity contribution in [2.75, 3.05) is 13.1 Å². The molecule has 1 amide bonds. The third-order valence-corrected chi connectivity index (χ3v) is 4.33. The van der Waals surface area contributed by atoms with Crippen molar-refractivity contribution >= 4 is 6.09 Å². The molecule has 5 nitrogen and oxygen atoms in total. The Morgan fingerprint density at radius 1 is 1.08 bits per heavy atom. The predicted molar refractivity (Wildman–Crippen MR) is 95.8 cm³/mol. The molecule has 3 rings (SSSR count). The lowest BCUT2D eigenvalue weighted by Gasteiger charge is -2.15. The molecule has 1 aliphatic rings. The molecule has 0 saturated carbocycles. The monoisotopic (exact) mass is 340 g/mol. The van der Waals surface area contributed by atoms with Crippen LogP contribution in [0.25, 0.3) is 0 Å².